The number of ether oxygens (including phenoxy) is 2. The number of carbonyl (C=O) groups is 1. The number of aromatic nitrogens is 2. The van der Waals surface area contributed by atoms with E-state index in [9.17, 15) is 4.79 Å². The summed E-state index contributed by atoms with van der Waals surface area (Å²) in [5.74, 6) is 1.82. The normalized spacial score (nSPS) is 10.8. The number of rotatable bonds is 9. The van der Waals surface area contributed by atoms with Crippen molar-refractivity contribution in [2.75, 3.05) is 13.7 Å². The molecule has 33 heavy (non-hydrogen) atoms. The molecule has 6 nitrogen and oxygen atoms in total. The highest BCUT2D eigenvalue weighted by molar-refractivity contribution is 7.12. The van der Waals surface area contributed by atoms with E-state index in [0.717, 1.165) is 28.1 Å². The first-order chi connectivity index (χ1) is 16.1. The minimum atomic E-state index is 0.0120. The molecule has 7 heteroatoms. The number of nitrogens with zero attached hydrogens (tertiary/aromatic N) is 3. The third-order valence-electron chi connectivity index (χ3n) is 5.27. The largest absolute Gasteiger partial charge is 0.493 e. The number of para-hydroxylation sites is 2. The maximum atomic E-state index is 13.3. The zero-order valence-corrected chi connectivity index (χ0v) is 19.8. The van der Waals surface area contributed by atoms with Gasteiger partial charge in [0.25, 0.3) is 5.91 Å². The summed E-state index contributed by atoms with van der Waals surface area (Å²) in [6.45, 7) is 3.09. The Hall–Kier alpha value is -3.58. The van der Waals surface area contributed by atoms with E-state index in [1.54, 1.807) is 11.8 Å². The predicted octanol–water partition coefficient (Wildman–Crippen LogP) is 6.00. The molecule has 170 valence electrons. The third-order valence-corrected chi connectivity index (χ3v) is 6.13. The van der Waals surface area contributed by atoms with Gasteiger partial charge in [-0.05, 0) is 30.0 Å². The Morgan fingerprint density at radius 3 is 2.42 bits per heavy atom. The van der Waals surface area contributed by atoms with Gasteiger partial charge in [0.15, 0.2) is 11.5 Å². The van der Waals surface area contributed by atoms with Crippen LogP contribution in [0.1, 0.15) is 28.6 Å². The fourth-order valence-corrected chi connectivity index (χ4v) is 4.42. The minimum Gasteiger partial charge on any atom is -0.493 e. The smallest absolute Gasteiger partial charge is 0.264 e. The molecule has 0 aliphatic carbocycles. The first-order valence-electron chi connectivity index (χ1n) is 10.9. The standard InChI is InChI=1S/C26H27N3O3S/c1-4-16-29(25(30)23-15-10-17-33-23)18-20-24(19-11-6-5-7-12-19)27-28(2)26(20)32-22-14-9-8-13-21(22)31-3/h5-15,17H,4,16,18H2,1-3H3. The summed E-state index contributed by atoms with van der Waals surface area (Å²) in [5.41, 5.74) is 2.62. The number of carbonyl (C=O) groups excluding carboxylic acids is 1. The van der Waals surface area contributed by atoms with Gasteiger partial charge in [-0.2, -0.15) is 5.10 Å². The van der Waals surface area contributed by atoms with Gasteiger partial charge < -0.3 is 14.4 Å². The van der Waals surface area contributed by atoms with Crippen molar-refractivity contribution in [1.82, 2.24) is 14.7 Å². The molecule has 0 saturated heterocycles. The molecule has 2 aromatic heterocycles. The van der Waals surface area contributed by atoms with Crippen molar-refractivity contribution < 1.29 is 14.3 Å². The Morgan fingerprint density at radius 1 is 1.03 bits per heavy atom. The van der Waals surface area contributed by atoms with Crippen LogP contribution in [0.2, 0.25) is 0 Å². The number of hydrogen-bond donors (Lipinski definition) is 0. The van der Waals surface area contributed by atoms with Crippen LogP contribution in [0.3, 0.4) is 0 Å². The molecule has 0 unspecified atom stereocenters. The monoisotopic (exact) mass is 461 g/mol. The zero-order chi connectivity index (χ0) is 23.2. The lowest BCUT2D eigenvalue weighted by Crippen LogP contribution is -2.31. The average molecular weight is 462 g/mol. The molecular weight excluding hydrogens is 434 g/mol. The van der Waals surface area contributed by atoms with E-state index < -0.39 is 0 Å². The number of benzene rings is 2. The van der Waals surface area contributed by atoms with Crippen LogP contribution in [0.25, 0.3) is 11.3 Å². The SMILES string of the molecule is CCCN(Cc1c(-c2ccccc2)nn(C)c1Oc1ccccc1OC)C(=O)c1cccs1. The van der Waals surface area contributed by atoms with Crippen LogP contribution in [-0.4, -0.2) is 34.2 Å². The van der Waals surface area contributed by atoms with Gasteiger partial charge in [0.05, 0.1) is 24.1 Å². The number of amides is 1. The Balaban J connectivity index is 1.79. The van der Waals surface area contributed by atoms with E-state index in [0.29, 0.717) is 30.5 Å². The molecule has 0 bridgehead atoms. The third kappa shape index (κ3) is 4.93. The highest BCUT2D eigenvalue weighted by atomic mass is 32.1. The minimum absolute atomic E-state index is 0.0120. The molecule has 0 aliphatic rings. The Bertz CT molecular complexity index is 1200. The van der Waals surface area contributed by atoms with Crippen LogP contribution >= 0.6 is 11.3 Å². The second kappa shape index (κ2) is 10.4. The zero-order valence-electron chi connectivity index (χ0n) is 19.0. The summed E-state index contributed by atoms with van der Waals surface area (Å²) >= 11 is 1.45. The van der Waals surface area contributed by atoms with Crippen LogP contribution in [-0.2, 0) is 13.6 Å². The molecule has 0 atom stereocenters. The van der Waals surface area contributed by atoms with Crippen molar-refractivity contribution in [1.29, 1.82) is 0 Å². The maximum Gasteiger partial charge on any atom is 0.264 e. The van der Waals surface area contributed by atoms with Crippen molar-refractivity contribution in [2.24, 2.45) is 7.05 Å². The highest BCUT2D eigenvalue weighted by Gasteiger charge is 2.25. The Morgan fingerprint density at radius 2 is 1.76 bits per heavy atom. The van der Waals surface area contributed by atoms with Crippen LogP contribution in [0.5, 0.6) is 17.4 Å². The molecule has 0 radical (unpaired) electrons. The van der Waals surface area contributed by atoms with Crippen molar-refractivity contribution in [3.05, 3.63) is 82.6 Å². The molecule has 0 aliphatic heterocycles. The summed E-state index contributed by atoms with van der Waals surface area (Å²) in [6.07, 6.45) is 0.848. The van der Waals surface area contributed by atoms with Crippen molar-refractivity contribution in [3.8, 4) is 28.6 Å². The second-order valence-electron chi connectivity index (χ2n) is 7.58. The molecule has 2 heterocycles. The molecule has 0 N–H and O–H groups in total. The molecule has 0 saturated carbocycles. The first-order valence-corrected chi connectivity index (χ1v) is 11.7. The number of hydrogen-bond acceptors (Lipinski definition) is 5. The molecule has 0 spiro atoms. The van der Waals surface area contributed by atoms with Gasteiger partial charge in [-0.1, -0.05) is 55.5 Å². The lowest BCUT2D eigenvalue weighted by atomic mass is 10.1. The molecule has 4 aromatic rings. The second-order valence-corrected chi connectivity index (χ2v) is 8.53. The van der Waals surface area contributed by atoms with Gasteiger partial charge in [0.2, 0.25) is 5.88 Å². The highest BCUT2D eigenvalue weighted by Crippen LogP contribution is 2.37. The fraction of sp³-hybridized carbons (Fsp3) is 0.231. The van der Waals surface area contributed by atoms with Crippen molar-refractivity contribution in [2.45, 2.75) is 19.9 Å². The number of methoxy groups -OCH3 is 1. The van der Waals surface area contributed by atoms with E-state index in [1.165, 1.54) is 11.3 Å². The van der Waals surface area contributed by atoms with Gasteiger partial charge in [-0.15, -0.1) is 11.3 Å². The van der Waals surface area contributed by atoms with E-state index >= 15 is 0 Å². The quantitative estimate of drug-likeness (QED) is 0.307. The van der Waals surface area contributed by atoms with Crippen LogP contribution in [0.4, 0.5) is 0 Å². The Kier molecular flexibility index (Phi) is 7.10. The summed E-state index contributed by atoms with van der Waals surface area (Å²) in [6, 6.07) is 21.2. The van der Waals surface area contributed by atoms with Crippen LogP contribution in [0.15, 0.2) is 72.1 Å². The molecule has 0 fully saturated rings. The van der Waals surface area contributed by atoms with E-state index in [4.69, 9.17) is 14.6 Å². The predicted molar refractivity (Wildman–Crippen MR) is 131 cm³/mol. The molecular formula is C26H27N3O3S. The van der Waals surface area contributed by atoms with Crippen LogP contribution in [0, 0.1) is 0 Å². The molecule has 2 aromatic carbocycles. The Labute approximate surface area is 198 Å². The van der Waals surface area contributed by atoms with Gasteiger partial charge >= 0.3 is 0 Å². The summed E-state index contributed by atoms with van der Waals surface area (Å²) in [5, 5.41) is 6.71. The van der Waals surface area contributed by atoms with Crippen molar-refractivity contribution >= 4 is 17.2 Å². The van der Waals surface area contributed by atoms with Gasteiger partial charge in [0, 0.05) is 19.2 Å². The summed E-state index contributed by atoms with van der Waals surface area (Å²) in [7, 11) is 3.47. The average Bonchev–Trinajstić information content (AvgIpc) is 3.49. The van der Waals surface area contributed by atoms with E-state index in [2.05, 4.69) is 6.92 Å². The van der Waals surface area contributed by atoms with Gasteiger partial charge in [-0.3, -0.25) is 4.79 Å². The lowest BCUT2D eigenvalue weighted by Gasteiger charge is -2.22. The van der Waals surface area contributed by atoms with Crippen LogP contribution < -0.4 is 9.47 Å². The van der Waals surface area contributed by atoms with Gasteiger partial charge in [0.1, 0.15) is 5.69 Å². The van der Waals surface area contributed by atoms with Crippen molar-refractivity contribution in [3.63, 3.8) is 0 Å². The van der Waals surface area contributed by atoms with E-state index in [1.807, 2.05) is 84.1 Å². The summed E-state index contributed by atoms with van der Waals surface area (Å²) < 4.78 is 13.6. The first kappa shape index (κ1) is 22.6. The van der Waals surface area contributed by atoms with E-state index in [-0.39, 0.29) is 5.91 Å². The van der Waals surface area contributed by atoms with Gasteiger partial charge in [-0.25, -0.2) is 4.68 Å². The maximum absolute atomic E-state index is 13.3. The lowest BCUT2D eigenvalue weighted by molar-refractivity contribution is 0.0747. The molecule has 1 amide bonds. The number of aryl methyl sites for hydroxylation is 1. The fourth-order valence-electron chi connectivity index (χ4n) is 3.73. The number of thiophene rings is 1. The summed E-state index contributed by atoms with van der Waals surface area (Å²) in [4.78, 5) is 15.9. The molecule has 4 rings (SSSR count). The topological polar surface area (TPSA) is 56.6 Å².